The fraction of sp³-hybridized carbons (Fsp3) is 0.462. The number of ether oxygens (including phenoxy) is 3. The van der Waals surface area contributed by atoms with E-state index < -0.39 is 0 Å². The molecule has 0 saturated heterocycles. The van der Waals surface area contributed by atoms with Gasteiger partial charge in [0.25, 0.3) is 5.91 Å². The van der Waals surface area contributed by atoms with Crippen LogP contribution in [0.5, 0.6) is 11.5 Å². The lowest BCUT2D eigenvalue weighted by Crippen LogP contribution is -2.30. The number of para-hydroxylation sites is 2. The Balaban J connectivity index is 2.33. The van der Waals surface area contributed by atoms with Crippen molar-refractivity contribution >= 4 is 5.91 Å². The first-order chi connectivity index (χ1) is 9.27. The van der Waals surface area contributed by atoms with Crippen molar-refractivity contribution < 1.29 is 23.8 Å². The summed E-state index contributed by atoms with van der Waals surface area (Å²) in [5, 5.41) is 0. The number of hydrogen-bond donors (Lipinski definition) is 1. The fourth-order valence-electron chi connectivity index (χ4n) is 1.27. The van der Waals surface area contributed by atoms with Crippen molar-refractivity contribution in [2.24, 2.45) is 0 Å². The standard InChI is InChI=1S/C13H19NO5/c1-3-17-11-6-4-5-7-12(11)18-10-13(15)14-19-9-8-16-2/h4-7H,3,8-10H2,1-2H3,(H,14,15). The summed E-state index contributed by atoms with van der Waals surface area (Å²) in [7, 11) is 1.55. The molecule has 0 aromatic heterocycles. The van der Waals surface area contributed by atoms with Crippen molar-refractivity contribution in [1.29, 1.82) is 0 Å². The Labute approximate surface area is 112 Å². The van der Waals surface area contributed by atoms with Gasteiger partial charge in [0.1, 0.15) is 0 Å². The minimum Gasteiger partial charge on any atom is -0.490 e. The van der Waals surface area contributed by atoms with Gasteiger partial charge in [0.15, 0.2) is 18.1 Å². The highest BCUT2D eigenvalue weighted by Crippen LogP contribution is 2.26. The van der Waals surface area contributed by atoms with E-state index in [0.717, 1.165) is 0 Å². The van der Waals surface area contributed by atoms with E-state index >= 15 is 0 Å². The largest absolute Gasteiger partial charge is 0.490 e. The molecule has 106 valence electrons. The van der Waals surface area contributed by atoms with Gasteiger partial charge >= 0.3 is 0 Å². The predicted octanol–water partition coefficient (Wildman–Crippen LogP) is 1.16. The smallest absolute Gasteiger partial charge is 0.281 e. The van der Waals surface area contributed by atoms with Crippen LogP contribution in [0, 0.1) is 0 Å². The molecule has 0 radical (unpaired) electrons. The van der Waals surface area contributed by atoms with Crippen LogP contribution in [0.25, 0.3) is 0 Å². The van der Waals surface area contributed by atoms with Crippen molar-refractivity contribution in [2.45, 2.75) is 6.92 Å². The van der Waals surface area contributed by atoms with Gasteiger partial charge in [-0.15, -0.1) is 0 Å². The Bertz CT molecular complexity index is 383. The second kappa shape index (κ2) is 9.18. The number of rotatable bonds is 9. The molecule has 1 rings (SSSR count). The van der Waals surface area contributed by atoms with Gasteiger partial charge in [0.2, 0.25) is 0 Å². The number of hydroxylamine groups is 1. The minimum absolute atomic E-state index is 0.142. The summed E-state index contributed by atoms with van der Waals surface area (Å²) in [6.45, 7) is 2.98. The number of amides is 1. The Hall–Kier alpha value is -1.79. The van der Waals surface area contributed by atoms with Gasteiger partial charge in [0, 0.05) is 7.11 Å². The van der Waals surface area contributed by atoms with Crippen LogP contribution in [0.15, 0.2) is 24.3 Å². The molecule has 0 aliphatic rings. The minimum atomic E-state index is -0.373. The van der Waals surface area contributed by atoms with Crippen LogP contribution >= 0.6 is 0 Å². The lowest BCUT2D eigenvalue weighted by atomic mass is 10.3. The molecule has 0 saturated carbocycles. The maximum atomic E-state index is 11.4. The molecule has 1 aromatic rings. The summed E-state index contributed by atoms with van der Waals surface area (Å²) in [6.07, 6.45) is 0. The number of methoxy groups -OCH3 is 1. The summed E-state index contributed by atoms with van der Waals surface area (Å²) >= 11 is 0. The summed E-state index contributed by atoms with van der Waals surface area (Å²) < 4.78 is 15.5. The fourth-order valence-corrected chi connectivity index (χ4v) is 1.27. The van der Waals surface area contributed by atoms with E-state index in [-0.39, 0.29) is 19.1 Å². The number of benzene rings is 1. The number of carbonyl (C=O) groups is 1. The summed E-state index contributed by atoms with van der Waals surface area (Å²) in [4.78, 5) is 16.3. The molecule has 6 heteroatoms. The Morgan fingerprint density at radius 1 is 1.16 bits per heavy atom. The first-order valence-corrected chi connectivity index (χ1v) is 6.02. The summed E-state index contributed by atoms with van der Waals surface area (Å²) in [5.41, 5.74) is 2.25. The van der Waals surface area contributed by atoms with Crippen molar-refractivity contribution in [1.82, 2.24) is 5.48 Å². The average Bonchev–Trinajstić information content (AvgIpc) is 2.43. The molecule has 0 aliphatic carbocycles. The maximum absolute atomic E-state index is 11.4. The lowest BCUT2D eigenvalue weighted by Gasteiger charge is -2.11. The van der Waals surface area contributed by atoms with Crippen LogP contribution in [-0.4, -0.2) is 39.4 Å². The van der Waals surface area contributed by atoms with Gasteiger partial charge in [-0.25, -0.2) is 5.48 Å². The second-order valence-corrected chi connectivity index (χ2v) is 3.53. The molecular formula is C13H19NO5. The topological polar surface area (TPSA) is 66.0 Å². The van der Waals surface area contributed by atoms with Gasteiger partial charge in [-0.05, 0) is 19.1 Å². The third-order valence-corrected chi connectivity index (χ3v) is 2.08. The molecule has 1 N–H and O–H groups in total. The van der Waals surface area contributed by atoms with Crippen LogP contribution < -0.4 is 15.0 Å². The van der Waals surface area contributed by atoms with Crippen LogP contribution in [0.1, 0.15) is 6.92 Å². The van der Waals surface area contributed by atoms with E-state index in [9.17, 15) is 4.79 Å². The number of nitrogens with one attached hydrogen (secondary N) is 1. The lowest BCUT2D eigenvalue weighted by molar-refractivity contribution is -0.136. The zero-order valence-electron chi connectivity index (χ0n) is 11.2. The molecule has 6 nitrogen and oxygen atoms in total. The summed E-state index contributed by atoms with van der Waals surface area (Å²) in [5.74, 6) is 0.761. The SMILES string of the molecule is CCOc1ccccc1OCC(=O)NOCCOC. The molecule has 0 heterocycles. The Kier molecular flexibility index (Phi) is 7.38. The van der Waals surface area contributed by atoms with Crippen LogP contribution in [-0.2, 0) is 14.4 Å². The van der Waals surface area contributed by atoms with Crippen LogP contribution in [0.3, 0.4) is 0 Å². The highest BCUT2D eigenvalue weighted by atomic mass is 16.7. The van der Waals surface area contributed by atoms with E-state index in [0.29, 0.717) is 24.7 Å². The maximum Gasteiger partial charge on any atom is 0.281 e. The molecule has 0 aliphatic heterocycles. The molecule has 0 atom stereocenters. The molecule has 0 fully saturated rings. The third kappa shape index (κ3) is 6.08. The van der Waals surface area contributed by atoms with Gasteiger partial charge in [-0.2, -0.15) is 0 Å². The predicted molar refractivity (Wildman–Crippen MR) is 69.1 cm³/mol. The molecule has 0 spiro atoms. The molecule has 0 unspecified atom stereocenters. The molecule has 1 amide bonds. The van der Waals surface area contributed by atoms with E-state index in [1.807, 2.05) is 19.1 Å². The molecule has 19 heavy (non-hydrogen) atoms. The average molecular weight is 269 g/mol. The quantitative estimate of drug-likeness (QED) is 0.538. The van der Waals surface area contributed by atoms with Gasteiger partial charge < -0.3 is 14.2 Å². The first-order valence-electron chi connectivity index (χ1n) is 6.02. The van der Waals surface area contributed by atoms with Crippen LogP contribution in [0.2, 0.25) is 0 Å². The van der Waals surface area contributed by atoms with Crippen LogP contribution in [0.4, 0.5) is 0 Å². The monoisotopic (exact) mass is 269 g/mol. The van der Waals surface area contributed by atoms with E-state index in [4.69, 9.17) is 19.0 Å². The number of carbonyl (C=O) groups excluding carboxylic acids is 1. The van der Waals surface area contributed by atoms with Crippen molar-refractivity contribution in [3.63, 3.8) is 0 Å². The molecule has 0 bridgehead atoms. The highest BCUT2D eigenvalue weighted by Gasteiger charge is 2.07. The summed E-state index contributed by atoms with van der Waals surface area (Å²) in [6, 6.07) is 7.17. The molecule has 1 aromatic carbocycles. The zero-order chi connectivity index (χ0) is 13.9. The van der Waals surface area contributed by atoms with Gasteiger partial charge in [-0.3, -0.25) is 9.63 Å². The highest BCUT2D eigenvalue weighted by molar-refractivity contribution is 5.76. The third-order valence-electron chi connectivity index (χ3n) is 2.08. The molecular weight excluding hydrogens is 250 g/mol. The van der Waals surface area contributed by atoms with E-state index in [1.165, 1.54) is 0 Å². The normalized spacial score (nSPS) is 10.0. The Morgan fingerprint density at radius 3 is 2.47 bits per heavy atom. The van der Waals surface area contributed by atoms with Crippen molar-refractivity contribution in [2.75, 3.05) is 33.5 Å². The van der Waals surface area contributed by atoms with Gasteiger partial charge in [-0.1, -0.05) is 12.1 Å². The Morgan fingerprint density at radius 2 is 1.84 bits per heavy atom. The van der Waals surface area contributed by atoms with Crippen molar-refractivity contribution in [3.8, 4) is 11.5 Å². The van der Waals surface area contributed by atoms with Crippen molar-refractivity contribution in [3.05, 3.63) is 24.3 Å². The second-order valence-electron chi connectivity index (χ2n) is 3.53. The van der Waals surface area contributed by atoms with E-state index in [1.54, 1.807) is 19.2 Å². The zero-order valence-corrected chi connectivity index (χ0v) is 11.2. The van der Waals surface area contributed by atoms with Gasteiger partial charge in [0.05, 0.1) is 19.8 Å². The van der Waals surface area contributed by atoms with E-state index in [2.05, 4.69) is 5.48 Å². The first kappa shape index (κ1) is 15.3. The number of hydrogen-bond acceptors (Lipinski definition) is 5.